The second-order valence-corrected chi connectivity index (χ2v) is 6.43. The average molecular weight is 328 g/mol. The van der Waals surface area contributed by atoms with Gasteiger partial charge in [-0.15, -0.1) is 0 Å². The van der Waals surface area contributed by atoms with Crippen LogP contribution < -0.4 is 4.74 Å². The summed E-state index contributed by atoms with van der Waals surface area (Å²) in [6.45, 7) is 9.63. The van der Waals surface area contributed by atoms with Crippen LogP contribution in [0.2, 0.25) is 0 Å². The number of phenols is 1. The van der Waals surface area contributed by atoms with Crippen LogP contribution in [0.15, 0.2) is 30.3 Å². The number of hydrogen-bond acceptors (Lipinski definition) is 3. The van der Waals surface area contributed by atoms with Gasteiger partial charge < -0.3 is 14.9 Å². The molecule has 0 heterocycles. The summed E-state index contributed by atoms with van der Waals surface area (Å²) in [6.07, 6.45) is -0.176. The number of carbonyl (C=O) groups is 1. The minimum Gasteiger partial charge on any atom is -0.507 e. The zero-order valence-corrected chi connectivity index (χ0v) is 14.8. The third-order valence-corrected chi connectivity index (χ3v) is 4.11. The lowest BCUT2D eigenvalue weighted by Crippen LogP contribution is -2.11. The van der Waals surface area contributed by atoms with Crippen molar-refractivity contribution in [3.63, 3.8) is 0 Å². The van der Waals surface area contributed by atoms with Crippen molar-refractivity contribution < 1.29 is 19.7 Å². The Kier molecular flexibility index (Phi) is 5.17. The number of aromatic carboxylic acids is 1. The highest BCUT2D eigenvalue weighted by molar-refractivity contribution is 5.94. The third-order valence-electron chi connectivity index (χ3n) is 4.11. The molecule has 0 bridgehead atoms. The van der Waals surface area contributed by atoms with Gasteiger partial charge in [-0.2, -0.15) is 0 Å². The van der Waals surface area contributed by atoms with Crippen molar-refractivity contribution in [1.29, 1.82) is 0 Å². The number of ether oxygens (including phenoxy) is 1. The van der Waals surface area contributed by atoms with Gasteiger partial charge in [0.15, 0.2) is 0 Å². The molecular formula is C20H24O4. The molecule has 4 nitrogen and oxygen atoms in total. The molecule has 1 unspecified atom stereocenters. The molecule has 0 fully saturated rings. The van der Waals surface area contributed by atoms with Crippen LogP contribution in [0, 0.1) is 13.8 Å². The molecule has 0 amide bonds. The van der Waals surface area contributed by atoms with Gasteiger partial charge in [0.05, 0.1) is 6.10 Å². The first-order chi connectivity index (χ1) is 11.2. The molecular weight excluding hydrogens is 304 g/mol. The van der Waals surface area contributed by atoms with E-state index >= 15 is 0 Å². The van der Waals surface area contributed by atoms with Gasteiger partial charge in [-0.3, -0.25) is 0 Å². The van der Waals surface area contributed by atoms with Crippen molar-refractivity contribution in [2.75, 3.05) is 0 Å². The Bertz CT molecular complexity index is 762. The molecule has 4 heteroatoms. The highest BCUT2D eigenvalue weighted by Gasteiger charge is 2.24. The summed E-state index contributed by atoms with van der Waals surface area (Å²) >= 11 is 0. The summed E-state index contributed by atoms with van der Waals surface area (Å²) in [5.74, 6) is -1.37. The second-order valence-electron chi connectivity index (χ2n) is 6.43. The summed E-state index contributed by atoms with van der Waals surface area (Å²) in [5, 5.41) is 20.1. The lowest BCUT2D eigenvalue weighted by atomic mass is 9.87. The number of carboxylic acid groups (broad SMARTS) is 1. The molecule has 0 saturated heterocycles. The van der Waals surface area contributed by atoms with Crippen molar-refractivity contribution in [2.24, 2.45) is 0 Å². The zero-order chi connectivity index (χ0) is 18.0. The molecule has 0 aliphatic rings. The highest BCUT2D eigenvalue weighted by atomic mass is 16.5. The first-order valence-electron chi connectivity index (χ1n) is 8.05. The molecule has 2 rings (SSSR count). The topological polar surface area (TPSA) is 66.8 Å². The van der Waals surface area contributed by atoms with Crippen molar-refractivity contribution >= 4 is 5.97 Å². The van der Waals surface area contributed by atoms with E-state index in [1.807, 2.05) is 46.8 Å². The monoisotopic (exact) mass is 328 g/mol. The Morgan fingerprint density at radius 2 is 1.67 bits per heavy atom. The second kappa shape index (κ2) is 6.95. The predicted molar refractivity (Wildman–Crippen MR) is 94.3 cm³/mol. The van der Waals surface area contributed by atoms with Crippen molar-refractivity contribution in [1.82, 2.24) is 0 Å². The number of aryl methyl sites for hydroxylation is 2. The van der Waals surface area contributed by atoms with Crippen LogP contribution in [0.3, 0.4) is 0 Å². The molecule has 0 aliphatic carbocycles. The van der Waals surface area contributed by atoms with Crippen molar-refractivity contribution in [3.05, 3.63) is 58.1 Å². The van der Waals surface area contributed by atoms with E-state index in [1.165, 1.54) is 5.56 Å². The normalized spacial score (nSPS) is 12.2. The van der Waals surface area contributed by atoms with E-state index in [1.54, 1.807) is 12.1 Å². The molecule has 0 aromatic heterocycles. The van der Waals surface area contributed by atoms with Gasteiger partial charge >= 0.3 is 5.97 Å². The van der Waals surface area contributed by atoms with E-state index in [2.05, 4.69) is 6.07 Å². The Balaban J connectivity index is 2.54. The zero-order valence-electron chi connectivity index (χ0n) is 14.8. The Labute approximate surface area is 142 Å². The molecule has 1 atom stereocenters. The van der Waals surface area contributed by atoms with E-state index in [9.17, 15) is 15.0 Å². The van der Waals surface area contributed by atoms with Gasteiger partial charge in [0.1, 0.15) is 17.1 Å². The number of benzene rings is 2. The van der Waals surface area contributed by atoms with Crippen LogP contribution in [0.25, 0.3) is 0 Å². The first kappa shape index (κ1) is 17.9. The Morgan fingerprint density at radius 1 is 1.04 bits per heavy atom. The van der Waals surface area contributed by atoms with Gasteiger partial charge in [0.25, 0.3) is 0 Å². The van der Waals surface area contributed by atoms with Crippen LogP contribution >= 0.6 is 0 Å². The van der Waals surface area contributed by atoms with Crippen molar-refractivity contribution in [3.8, 4) is 11.5 Å². The van der Waals surface area contributed by atoms with Crippen molar-refractivity contribution in [2.45, 2.75) is 46.6 Å². The number of carboxylic acids is 1. The van der Waals surface area contributed by atoms with Crippen LogP contribution in [0.1, 0.15) is 59.3 Å². The van der Waals surface area contributed by atoms with E-state index < -0.39 is 5.97 Å². The van der Waals surface area contributed by atoms with E-state index in [0.29, 0.717) is 5.56 Å². The summed E-state index contributed by atoms with van der Waals surface area (Å²) in [5.41, 5.74) is 3.74. The maximum atomic E-state index is 11.6. The maximum absolute atomic E-state index is 11.6. The number of hydrogen-bond donors (Lipinski definition) is 2. The number of aromatic hydroxyl groups is 1. The summed E-state index contributed by atoms with van der Waals surface area (Å²) < 4.78 is 5.53. The van der Waals surface area contributed by atoms with Crippen LogP contribution in [0.4, 0.5) is 0 Å². The maximum Gasteiger partial charge on any atom is 0.343 e. The third kappa shape index (κ3) is 3.53. The molecule has 2 aromatic carbocycles. The molecule has 128 valence electrons. The Hall–Kier alpha value is -2.49. The van der Waals surface area contributed by atoms with Gasteiger partial charge in [-0.05, 0) is 44.9 Å². The van der Waals surface area contributed by atoms with Gasteiger partial charge in [0, 0.05) is 11.5 Å². The SMILES string of the molecule is Cc1ccc(C(C)c2ccc(OC(C)C)c(C(=O)O)c2O)c(C)c1. The van der Waals surface area contributed by atoms with Crippen LogP contribution in [0.5, 0.6) is 11.5 Å². The summed E-state index contributed by atoms with van der Waals surface area (Å²) in [4.78, 5) is 11.6. The Morgan fingerprint density at radius 3 is 2.21 bits per heavy atom. The molecule has 0 saturated carbocycles. The van der Waals surface area contributed by atoms with Gasteiger partial charge in [-0.25, -0.2) is 4.79 Å². The lowest BCUT2D eigenvalue weighted by molar-refractivity contribution is 0.0687. The fourth-order valence-corrected chi connectivity index (χ4v) is 2.98. The standard InChI is InChI=1S/C20H24O4/c1-11(2)24-17-9-8-16(19(21)18(17)20(22)23)14(5)15-7-6-12(3)10-13(15)4/h6-11,14,21H,1-5H3,(H,22,23). The van der Waals surface area contributed by atoms with E-state index in [-0.39, 0.29) is 29.1 Å². The predicted octanol–water partition coefficient (Wildman–Crippen LogP) is 4.65. The number of rotatable bonds is 5. The van der Waals surface area contributed by atoms with E-state index in [0.717, 1.165) is 11.1 Å². The molecule has 2 aromatic rings. The minimum atomic E-state index is -1.20. The lowest BCUT2D eigenvalue weighted by Gasteiger charge is -2.20. The molecule has 2 N–H and O–H groups in total. The highest BCUT2D eigenvalue weighted by Crippen LogP contribution is 2.39. The summed E-state index contributed by atoms with van der Waals surface area (Å²) in [6, 6.07) is 9.48. The smallest absolute Gasteiger partial charge is 0.343 e. The summed E-state index contributed by atoms with van der Waals surface area (Å²) in [7, 11) is 0. The van der Waals surface area contributed by atoms with Crippen LogP contribution in [-0.4, -0.2) is 22.3 Å². The quantitative estimate of drug-likeness (QED) is 0.838. The molecule has 0 radical (unpaired) electrons. The average Bonchev–Trinajstić information content (AvgIpc) is 2.45. The van der Waals surface area contributed by atoms with Gasteiger partial charge in [-0.1, -0.05) is 36.8 Å². The fourth-order valence-electron chi connectivity index (χ4n) is 2.98. The fraction of sp³-hybridized carbons (Fsp3) is 0.350. The molecule has 0 aliphatic heterocycles. The van der Waals surface area contributed by atoms with E-state index in [4.69, 9.17) is 4.74 Å². The molecule has 0 spiro atoms. The van der Waals surface area contributed by atoms with Gasteiger partial charge in [0.2, 0.25) is 0 Å². The largest absolute Gasteiger partial charge is 0.507 e. The molecule has 24 heavy (non-hydrogen) atoms. The first-order valence-corrected chi connectivity index (χ1v) is 8.05. The van der Waals surface area contributed by atoms with Crippen LogP contribution in [-0.2, 0) is 0 Å². The minimum absolute atomic E-state index is 0.128.